The second-order valence-corrected chi connectivity index (χ2v) is 9.65. The van der Waals surface area contributed by atoms with Gasteiger partial charge in [-0.1, -0.05) is 75.4 Å². The van der Waals surface area contributed by atoms with Gasteiger partial charge in [0, 0.05) is 25.1 Å². The summed E-state index contributed by atoms with van der Waals surface area (Å²) in [5.41, 5.74) is 4.44. The Morgan fingerprint density at radius 2 is 1.59 bits per heavy atom. The third-order valence-electron chi connectivity index (χ3n) is 5.71. The standard InChI is InChI=1S/C27H32N2O5/c1-27(2,3)15-18(25(31)32)16-29-24(30)13-8-14-28-26(33)34-17-23-21-11-6-4-9-19(21)20-10-5-7-12-22(20)23/h4-13,18,23H,14-17H2,1-3H3,(H,28,33)(H,29,30)(H,31,32)/b13-8+. The first-order valence-corrected chi connectivity index (χ1v) is 11.4. The van der Waals surface area contributed by atoms with Gasteiger partial charge in [0.15, 0.2) is 0 Å². The van der Waals surface area contributed by atoms with Crippen LogP contribution in [0.25, 0.3) is 11.1 Å². The SMILES string of the molecule is CC(C)(C)CC(CNC(=O)/C=C/CNC(=O)OCC1c2ccccc2-c2ccccc21)C(=O)O. The highest BCUT2D eigenvalue weighted by Crippen LogP contribution is 2.44. The van der Waals surface area contributed by atoms with Gasteiger partial charge >= 0.3 is 12.1 Å². The van der Waals surface area contributed by atoms with Crippen LogP contribution in [0.1, 0.15) is 44.2 Å². The Morgan fingerprint density at radius 1 is 1.00 bits per heavy atom. The molecule has 7 heteroatoms. The van der Waals surface area contributed by atoms with Crippen LogP contribution in [-0.2, 0) is 14.3 Å². The van der Waals surface area contributed by atoms with Crippen molar-refractivity contribution in [1.29, 1.82) is 0 Å². The number of rotatable bonds is 9. The summed E-state index contributed by atoms with van der Waals surface area (Å²) in [6, 6.07) is 16.2. The minimum absolute atomic E-state index is 0.0188. The molecule has 180 valence electrons. The van der Waals surface area contributed by atoms with Gasteiger partial charge in [0.2, 0.25) is 5.91 Å². The van der Waals surface area contributed by atoms with Crippen molar-refractivity contribution in [2.75, 3.05) is 19.7 Å². The Balaban J connectivity index is 1.43. The molecule has 1 unspecified atom stereocenters. The first kappa shape index (κ1) is 25.0. The molecule has 3 rings (SSSR count). The van der Waals surface area contributed by atoms with Crippen molar-refractivity contribution >= 4 is 18.0 Å². The van der Waals surface area contributed by atoms with E-state index >= 15 is 0 Å². The lowest BCUT2D eigenvalue weighted by Crippen LogP contribution is -2.34. The summed E-state index contributed by atoms with van der Waals surface area (Å²) in [4.78, 5) is 35.5. The van der Waals surface area contributed by atoms with E-state index < -0.39 is 23.9 Å². The Bertz CT molecular complexity index is 1030. The van der Waals surface area contributed by atoms with Gasteiger partial charge in [0.05, 0.1) is 5.92 Å². The first-order chi connectivity index (χ1) is 16.2. The quantitative estimate of drug-likeness (QED) is 0.479. The summed E-state index contributed by atoms with van der Waals surface area (Å²) >= 11 is 0. The lowest BCUT2D eigenvalue weighted by atomic mass is 9.84. The molecule has 1 aliphatic rings. The van der Waals surface area contributed by atoms with Gasteiger partial charge in [-0.3, -0.25) is 9.59 Å². The van der Waals surface area contributed by atoms with E-state index in [9.17, 15) is 19.5 Å². The van der Waals surface area contributed by atoms with Gasteiger partial charge in [0.25, 0.3) is 0 Å². The van der Waals surface area contributed by atoms with Crippen LogP contribution in [0.15, 0.2) is 60.7 Å². The zero-order chi connectivity index (χ0) is 24.7. The molecule has 3 N–H and O–H groups in total. The minimum Gasteiger partial charge on any atom is -0.481 e. The molecule has 34 heavy (non-hydrogen) atoms. The lowest BCUT2D eigenvalue weighted by molar-refractivity contribution is -0.142. The summed E-state index contributed by atoms with van der Waals surface area (Å²) in [6.45, 7) is 6.26. The van der Waals surface area contributed by atoms with Crippen molar-refractivity contribution in [2.45, 2.75) is 33.1 Å². The van der Waals surface area contributed by atoms with Crippen LogP contribution >= 0.6 is 0 Å². The van der Waals surface area contributed by atoms with Crippen LogP contribution in [0.3, 0.4) is 0 Å². The molecule has 2 amide bonds. The molecule has 0 aliphatic heterocycles. The second-order valence-electron chi connectivity index (χ2n) is 9.65. The predicted molar refractivity (Wildman–Crippen MR) is 130 cm³/mol. The number of carbonyl (C=O) groups is 3. The minimum atomic E-state index is -0.934. The summed E-state index contributed by atoms with van der Waals surface area (Å²) in [5, 5.41) is 14.5. The highest BCUT2D eigenvalue weighted by atomic mass is 16.5. The molecule has 0 spiro atoms. The number of alkyl carbamates (subject to hydrolysis) is 1. The number of ether oxygens (including phenoxy) is 1. The number of fused-ring (bicyclic) bond motifs is 3. The molecule has 7 nitrogen and oxygen atoms in total. The maximum absolute atomic E-state index is 12.2. The highest BCUT2D eigenvalue weighted by Gasteiger charge is 2.29. The van der Waals surface area contributed by atoms with Crippen molar-refractivity contribution in [2.24, 2.45) is 11.3 Å². The van der Waals surface area contributed by atoms with Gasteiger partial charge in [-0.15, -0.1) is 0 Å². The number of benzene rings is 2. The molecule has 0 bridgehead atoms. The summed E-state index contributed by atoms with van der Waals surface area (Å²) in [6.07, 6.45) is 2.66. The average Bonchev–Trinajstić information content (AvgIpc) is 3.11. The largest absolute Gasteiger partial charge is 0.481 e. The van der Waals surface area contributed by atoms with Crippen LogP contribution < -0.4 is 10.6 Å². The van der Waals surface area contributed by atoms with Crippen molar-refractivity contribution in [3.05, 3.63) is 71.8 Å². The number of aliphatic carboxylic acids is 1. The summed E-state index contributed by atoms with van der Waals surface area (Å²) in [5.74, 6) is -2.02. The molecule has 0 radical (unpaired) electrons. The highest BCUT2D eigenvalue weighted by molar-refractivity contribution is 5.88. The van der Waals surface area contributed by atoms with Gasteiger partial charge in [-0.25, -0.2) is 4.79 Å². The monoisotopic (exact) mass is 464 g/mol. The Labute approximate surface area is 200 Å². The van der Waals surface area contributed by atoms with Gasteiger partial charge in [0.1, 0.15) is 6.61 Å². The lowest BCUT2D eigenvalue weighted by Gasteiger charge is -2.23. The molecule has 0 fully saturated rings. The molecule has 0 saturated carbocycles. The Kier molecular flexibility index (Phi) is 8.10. The molecular formula is C27H32N2O5. The normalized spacial score (nSPS) is 13.7. The number of nitrogens with one attached hydrogen (secondary N) is 2. The molecule has 0 aromatic heterocycles. The zero-order valence-corrected chi connectivity index (χ0v) is 19.8. The van der Waals surface area contributed by atoms with Gasteiger partial charge in [-0.05, 0) is 34.1 Å². The molecule has 1 atom stereocenters. The molecular weight excluding hydrogens is 432 g/mol. The van der Waals surface area contributed by atoms with E-state index in [1.165, 1.54) is 12.2 Å². The van der Waals surface area contributed by atoms with Crippen LogP contribution in [0.5, 0.6) is 0 Å². The number of carboxylic acid groups (broad SMARTS) is 1. The van der Waals surface area contributed by atoms with E-state index in [2.05, 4.69) is 34.9 Å². The van der Waals surface area contributed by atoms with Crippen molar-refractivity contribution in [3.63, 3.8) is 0 Å². The fraction of sp³-hybridized carbons (Fsp3) is 0.370. The van der Waals surface area contributed by atoms with Crippen molar-refractivity contribution in [3.8, 4) is 11.1 Å². The fourth-order valence-corrected chi connectivity index (χ4v) is 4.23. The van der Waals surface area contributed by atoms with E-state index in [0.717, 1.165) is 22.3 Å². The van der Waals surface area contributed by atoms with Crippen LogP contribution in [0.4, 0.5) is 4.79 Å². The summed E-state index contributed by atoms with van der Waals surface area (Å²) in [7, 11) is 0. The van der Waals surface area contributed by atoms with Crippen LogP contribution in [0, 0.1) is 11.3 Å². The van der Waals surface area contributed by atoms with Gasteiger partial charge in [-0.2, -0.15) is 0 Å². The average molecular weight is 465 g/mol. The molecule has 2 aromatic rings. The Hall–Kier alpha value is -3.61. The fourth-order valence-electron chi connectivity index (χ4n) is 4.23. The van der Waals surface area contributed by atoms with E-state index in [1.54, 1.807) is 0 Å². The smallest absolute Gasteiger partial charge is 0.407 e. The first-order valence-electron chi connectivity index (χ1n) is 11.4. The molecule has 0 heterocycles. The predicted octanol–water partition coefficient (Wildman–Crippen LogP) is 4.33. The van der Waals surface area contributed by atoms with E-state index in [4.69, 9.17) is 4.74 Å². The number of hydrogen-bond acceptors (Lipinski definition) is 4. The maximum atomic E-state index is 12.2. The number of hydrogen-bond donors (Lipinski definition) is 3. The van der Waals surface area contributed by atoms with Gasteiger partial charge < -0.3 is 20.5 Å². The molecule has 0 saturated heterocycles. The van der Waals surface area contributed by atoms with Crippen molar-refractivity contribution < 1.29 is 24.2 Å². The number of carbonyl (C=O) groups excluding carboxylic acids is 2. The number of carboxylic acids is 1. The topological polar surface area (TPSA) is 105 Å². The molecule has 1 aliphatic carbocycles. The van der Waals surface area contributed by atoms with Crippen molar-refractivity contribution in [1.82, 2.24) is 10.6 Å². The molecule has 2 aromatic carbocycles. The Morgan fingerprint density at radius 3 is 2.15 bits per heavy atom. The zero-order valence-electron chi connectivity index (χ0n) is 19.8. The van der Waals surface area contributed by atoms with Crippen LogP contribution in [-0.4, -0.2) is 42.8 Å². The summed E-state index contributed by atoms with van der Waals surface area (Å²) < 4.78 is 5.45. The third-order valence-corrected chi connectivity index (χ3v) is 5.71. The van der Waals surface area contributed by atoms with E-state index in [1.807, 2.05) is 45.0 Å². The van der Waals surface area contributed by atoms with E-state index in [0.29, 0.717) is 6.42 Å². The second kappa shape index (κ2) is 11.0. The van der Waals surface area contributed by atoms with E-state index in [-0.39, 0.29) is 31.0 Å². The van der Waals surface area contributed by atoms with Crippen LogP contribution in [0.2, 0.25) is 0 Å². The number of amides is 2. The maximum Gasteiger partial charge on any atom is 0.407 e. The third kappa shape index (κ3) is 6.70.